The summed E-state index contributed by atoms with van der Waals surface area (Å²) in [5.41, 5.74) is 2.93. The predicted octanol–water partition coefficient (Wildman–Crippen LogP) is 2.75. The molecule has 0 saturated carbocycles. The van der Waals surface area contributed by atoms with Crippen LogP contribution in [0.3, 0.4) is 0 Å². The first-order valence-electron chi connectivity index (χ1n) is 7.90. The zero-order valence-electron chi connectivity index (χ0n) is 12.9. The molecule has 1 aliphatic carbocycles. The SMILES string of the molecule is CCNC1c2cc(OC)ccc2CC1N1CCCC1C. The highest BCUT2D eigenvalue weighted by atomic mass is 16.5. The van der Waals surface area contributed by atoms with Gasteiger partial charge in [-0.25, -0.2) is 0 Å². The van der Waals surface area contributed by atoms with Crippen molar-refractivity contribution in [3.63, 3.8) is 0 Å². The monoisotopic (exact) mass is 274 g/mol. The molecule has 3 heteroatoms. The van der Waals surface area contributed by atoms with Crippen LogP contribution in [0.15, 0.2) is 18.2 Å². The molecule has 1 aromatic carbocycles. The molecular weight excluding hydrogens is 248 g/mol. The van der Waals surface area contributed by atoms with E-state index < -0.39 is 0 Å². The molecule has 0 bridgehead atoms. The van der Waals surface area contributed by atoms with Gasteiger partial charge in [0.05, 0.1) is 7.11 Å². The van der Waals surface area contributed by atoms with Gasteiger partial charge < -0.3 is 10.1 Å². The maximum Gasteiger partial charge on any atom is 0.119 e. The van der Waals surface area contributed by atoms with Gasteiger partial charge in [0.2, 0.25) is 0 Å². The highest BCUT2D eigenvalue weighted by Crippen LogP contribution is 2.39. The highest BCUT2D eigenvalue weighted by Gasteiger charge is 2.39. The van der Waals surface area contributed by atoms with Crippen molar-refractivity contribution in [3.05, 3.63) is 29.3 Å². The fourth-order valence-corrected chi connectivity index (χ4v) is 3.95. The molecule has 3 rings (SSSR count). The van der Waals surface area contributed by atoms with Crippen LogP contribution in [0.2, 0.25) is 0 Å². The van der Waals surface area contributed by atoms with E-state index in [0.717, 1.165) is 18.3 Å². The van der Waals surface area contributed by atoms with Crippen molar-refractivity contribution in [2.24, 2.45) is 0 Å². The Morgan fingerprint density at radius 1 is 1.40 bits per heavy atom. The number of rotatable bonds is 4. The zero-order valence-corrected chi connectivity index (χ0v) is 12.9. The van der Waals surface area contributed by atoms with Crippen LogP contribution >= 0.6 is 0 Å². The molecular formula is C17H26N2O. The van der Waals surface area contributed by atoms with Crippen LogP contribution in [0.1, 0.15) is 43.9 Å². The van der Waals surface area contributed by atoms with Crippen molar-refractivity contribution in [1.29, 1.82) is 0 Å². The average molecular weight is 274 g/mol. The Morgan fingerprint density at radius 3 is 2.90 bits per heavy atom. The van der Waals surface area contributed by atoms with Crippen molar-refractivity contribution in [3.8, 4) is 5.75 Å². The first-order valence-corrected chi connectivity index (χ1v) is 7.90. The molecule has 0 radical (unpaired) electrons. The maximum absolute atomic E-state index is 5.41. The number of hydrogen-bond acceptors (Lipinski definition) is 3. The molecule has 0 aromatic heterocycles. The summed E-state index contributed by atoms with van der Waals surface area (Å²) in [6, 6.07) is 8.35. The standard InChI is InChI=1S/C17H26N2O/c1-4-18-17-15-11-14(20-3)8-7-13(15)10-16(17)19-9-5-6-12(19)2/h7-8,11-12,16-18H,4-6,9-10H2,1-3H3. The molecule has 2 aliphatic rings. The number of likely N-dealkylation sites (tertiary alicyclic amines) is 1. The smallest absolute Gasteiger partial charge is 0.119 e. The molecule has 1 N–H and O–H groups in total. The number of likely N-dealkylation sites (N-methyl/N-ethyl adjacent to an activating group) is 1. The fraction of sp³-hybridized carbons (Fsp3) is 0.647. The van der Waals surface area contributed by atoms with Gasteiger partial charge in [0, 0.05) is 18.1 Å². The van der Waals surface area contributed by atoms with Crippen LogP contribution in [0.4, 0.5) is 0 Å². The topological polar surface area (TPSA) is 24.5 Å². The maximum atomic E-state index is 5.41. The van der Waals surface area contributed by atoms with Gasteiger partial charge in [-0.2, -0.15) is 0 Å². The number of nitrogens with one attached hydrogen (secondary N) is 1. The summed E-state index contributed by atoms with van der Waals surface area (Å²) in [7, 11) is 1.75. The van der Waals surface area contributed by atoms with Crippen LogP contribution in [-0.2, 0) is 6.42 Å². The zero-order chi connectivity index (χ0) is 14.1. The van der Waals surface area contributed by atoms with Gasteiger partial charge >= 0.3 is 0 Å². The second kappa shape index (κ2) is 5.74. The van der Waals surface area contributed by atoms with Gasteiger partial charge in [-0.3, -0.25) is 4.90 Å². The summed E-state index contributed by atoms with van der Waals surface area (Å²) in [6.45, 7) is 6.83. The lowest BCUT2D eigenvalue weighted by Crippen LogP contribution is -2.44. The number of ether oxygens (including phenoxy) is 1. The Kier molecular flexibility index (Phi) is 3.99. The van der Waals surface area contributed by atoms with Crippen LogP contribution < -0.4 is 10.1 Å². The summed E-state index contributed by atoms with van der Waals surface area (Å²) in [5, 5.41) is 3.70. The van der Waals surface area contributed by atoms with Gasteiger partial charge in [0.1, 0.15) is 5.75 Å². The third kappa shape index (κ3) is 2.33. The summed E-state index contributed by atoms with van der Waals surface area (Å²) in [4.78, 5) is 2.71. The van der Waals surface area contributed by atoms with Gasteiger partial charge in [-0.05, 0) is 62.5 Å². The fourth-order valence-electron chi connectivity index (χ4n) is 3.95. The lowest BCUT2D eigenvalue weighted by atomic mass is 10.0. The van der Waals surface area contributed by atoms with Crippen molar-refractivity contribution in [1.82, 2.24) is 10.2 Å². The van der Waals surface area contributed by atoms with Crippen molar-refractivity contribution >= 4 is 0 Å². The molecule has 110 valence electrons. The number of fused-ring (bicyclic) bond motifs is 1. The third-order valence-corrected chi connectivity index (χ3v) is 4.96. The van der Waals surface area contributed by atoms with Gasteiger partial charge in [0.15, 0.2) is 0 Å². The predicted molar refractivity (Wildman–Crippen MR) is 82.3 cm³/mol. The quantitative estimate of drug-likeness (QED) is 0.913. The van der Waals surface area contributed by atoms with Crippen LogP contribution in [-0.4, -0.2) is 37.2 Å². The summed E-state index contributed by atoms with van der Waals surface area (Å²) >= 11 is 0. The number of nitrogens with zero attached hydrogens (tertiary/aromatic N) is 1. The molecule has 1 aromatic rings. The first-order chi connectivity index (χ1) is 9.74. The minimum Gasteiger partial charge on any atom is -0.497 e. The molecule has 1 saturated heterocycles. The highest BCUT2D eigenvalue weighted by molar-refractivity contribution is 5.43. The van der Waals surface area contributed by atoms with E-state index in [1.807, 2.05) is 0 Å². The number of hydrogen-bond donors (Lipinski definition) is 1. The Morgan fingerprint density at radius 2 is 2.25 bits per heavy atom. The molecule has 20 heavy (non-hydrogen) atoms. The van der Waals surface area contributed by atoms with E-state index in [2.05, 4.69) is 42.3 Å². The summed E-state index contributed by atoms with van der Waals surface area (Å²) in [5.74, 6) is 0.974. The van der Waals surface area contributed by atoms with Crippen molar-refractivity contribution < 1.29 is 4.74 Å². The molecule has 1 heterocycles. The van der Waals surface area contributed by atoms with Crippen LogP contribution in [0.25, 0.3) is 0 Å². The minimum atomic E-state index is 0.450. The van der Waals surface area contributed by atoms with Gasteiger partial charge in [-0.15, -0.1) is 0 Å². The summed E-state index contributed by atoms with van der Waals surface area (Å²) < 4.78 is 5.41. The second-order valence-corrected chi connectivity index (χ2v) is 6.10. The summed E-state index contributed by atoms with van der Waals surface area (Å²) in [6.07, 6.45) is 3.85. The second-order valence-electron chi connectivity index (χ2n) is 6.10. The lowest BCUT2D eigenvalue weighted by molar-refractivity contribution is 0.161. The largest absolute Gasteiger partial charge is 0.497 e. The Bertz CT molecular complexity index is 474. The van der Waals surface area contributed by atoms with Crippen LogP contribution in [0.5, 0.6) is 5.75 Å². The molecule has 3 atom stereocenters. The van der Waals surface area contributed by atoms with Crippen molar-refractivity contribution in [2.45, 2.75) is 51.2 Å². The molecule has 1 fully saturated rings. The Hall–Kier alpha value is -1.06. The van der Waals surface area contributed by atoms with E-state index in [4.69, 9.17) is 4.74 Å². The molecule has 3 nitrogen and oxygen atoms in total. The van der Waals surface area contributed by atoms with E-state index in [-0.39, 0.29) is 0 Å². The van der Waals surface area contributed by atoms with Gasteiger partial charge in [-0.1, -0.05) is 13.0 Å². The normalized spacial score (nSPS) is 29.6. The first kappa shape index (κ1) is 13.9. The minimum absolute atomic E-state index is 0.450. The number of benzene rings is 1. The Labute approximate surface area is 122 Å². The number of methoxy groups -OCH3 is 1. The van der Waals surface area contributed by atoms with E-state index in [0.29, 0.717) is 12.1 Å². The van der Waals surface area contributed by atoms with Gasteiger partial charge in [0.25, 0.3) is 0 Å². The molecule has 1 aliphatic heterocycles. The molecule has 0 spiro atoms. The molecule has 0 amide bonds. The van der Waals surface area contributed by atoms with E-state index in [9.17, 15) is 0 Å². The molecule has 3 unspecified atom stereocenters. The van der Waals surface area contributed by atoms with E-state index in [1.54, 1.807) is 7.11 Å². The Balaban J connectivity index is 1.90. The van der Waals surface area contributed by atoms with E-state index in [1.165, 1.54) is 36.9 Å². The van der Waals surface area contributed by atoms with Crippen LogP contribution in [0, 0.1) is 0 Å². The third-order valence-electron chi connectivity index (χ3n) is 4.96. The lowest BCUT2D eigenvalue weighted by Gasteiger charge is -2.33. The van der Waals surface area contributed by atoms with E-state index >= 15 is 0 Å². The van der Waals surface area contributed by atoms with Crippen molar-refractivity contribution in [2.75, 3.05) is 20.2 Å². The average Bonchev–Trinajstić information content (AvgIpc) is 3.03.